The zero-order chi connectivity index (χ0) is 17.6. The number of phenolic OH excluding ortho intramolecular Hbond substituents is 1. The minimum Gasteiger partial charge on any atom is -0.508 e. The predicted molar refractivity (Wildman–Crippen MR) is 105 cm³/mol. The Hall–Kier alpha value is -1.45. The van der Waals surface area contributed by atoms with Crippen LogP contribution in [0, 0.1) is 0 Å². The van der Waals surface area contributed by atoms with Crippen LogP contribution in [0.25, 0.3) is 0 Å². The molecular weight excluding hydrogens is 314 g/mol. The smallest absolute Gasteiger partial charge is 0.119 e. The summed E-state index contributed by atoms with van der Waals surface area (Å²) in [4.78, 5) is 2.30. The summed E-state index contributed by atoms with van der Waals surface area (Å²) >= 11 is 1.70. The maximum atomic E-state index is 10.3. The second-order valence-corrected chi connectivity index (χ2v) is 8.27. The normalized spacial score (nSPS) is 15.0. The molecule has 130 valence electrons. The van der Waals surface area contributed by atoms with Crippen molar-refractivity contribution in [1.82, 2.24) is 0 Å². The van der Waals surface area contributed by atoms with Crippen LogP contribution in [0.1, 0.15) is 52.0 Å². The molecule has 1 aromatic rings. The van der Waals surface area contributed by atoms with Crippen molar-refractivity contribution < 1.29 is 5.11 Å². The van der Waals surface area contributed by atoms with Crippen molar-refractivity contribution in [3.8, 4) is 5.75 Å². The van der Waals surface area contributed by atoms with Gasteiger partial charge in [0.15, 0.2) is 0 Å². The van der Waals surface area contributed by atoms with Gasteiger partial charge in [-0.1, -0.05) is 55.0 Å². The van der Waals surface area contributed by atoms with Crippen LogP contribution in [0.5, 0.6) is 5.75 Å². The fourth-order valence-electron chi connectivity index (χ4n) is 2.64. The zero-order valence-electron chi connectivity index (χ0n) is 15.0. The molecule has 2 nitrogen and oxygen atoms in total. The van der Waals surface area contributed by atoms with Gasteiger partial charge in [-0.2, -0.15) is 0 Å². The van der Waals surface area contributed by atoms with E-state index in [0.29, 0.717) is 5.75 Å². The Morgan fingerprint density at radius 1 is 1.25 bits per heavy atom. The van der Waals surface area contributed by atoms with Gasteiger partial charge in [-0.05, 0) is 63.3 Å². The quantitative estimate of drug-likeness (QED) is 0.665. The van der Waals surface area contributed by atoms with Crippen molar-refractivity contribution in [2.75, 3.05) is 0 Å². The van der Waals surface area contributed by atoms with Crippen LogP contribution in [0.15, 0.2) is 57.9 Å². The number of phenols is 1. The summed E-state index contributed by atoms with van der Waals surface area (Å²) in [7, 11) is 0. The fourth-order valence-corrected chi connectivity index (χ4v) is 3.53. The molecule has 3 N–H and O–H groups in total. The van der Waals surface area contributed by atoms with Crippen molar-refractivity contribution in [3.05, 3.63) is 58.5 Å². The number of hydrogen-bond acceptors (Lipinski definition) is 3. The highest BCUT2D eigenvalue weighted by atomic mass is 32.2. The minimum absolute atomic E-state index is 0.209. The van der Waals surface area contributed by atoms with Crippen LogP contribution in [-0.4, -0.2) is 10.6 Å². The summed E-state index contributed by atoms with van der Waals surface area (Å²) < 4.78 is 0. The average Bonchev–Trinajstić information content (AvgIpc) is 2.71. The molecule has 0 heterocycles. The zero-order valence-corrected chi connectivity index (χ0v) is 15.8. The van der Waals surface area contributed by atoms with E-state index in [2.05, 4.69) is 37.3 Å². The van der Waals surface area contributed by atoms with Gasteiger partial charge in [-0.15, -0.1) is 0 Å². The topological polar surface area (TPSA) is 46.2 Å². The maximum absolute atomic E-state index is 10.3. The van der Waals surface area contributed by atoms with Crippen molar-refractivity contribution in [2.45, 2.75) is 63.3 Å². The van der Waals surface area contributed by atoms with Crippen molar-refractivity contribution in [2.24, 2.45) is 5.73 Å². The number of benzene rings is 1. The molecule has 0 unspecified atom stereocenters. The van der Waals surface area contributed by atoms with Gasteiger partial charge in [-0.25, -0.2) is 0 Å². The number of rotatable bonds is 7. The molecule has 0 bridgehead atoms. The Labute approximate surface area is 150 Å². The number of nitrogens with two attached hydrogens (primary N) is 1. The largest absolute Gasteiger partial charge is 0.508 e. The fraction of sp³-hybridized carbons (Fsp3) is 0.429. The molecular formula is C21H29NOS. The number of aryl methyl sites for hydroxylation is 1. The van der Waals surface area contributed by atoms with Crippen LogP contribution < -0.4 is 5.73 Å². The lowest BCUT2D eigenvalue weighted by Gasteiger charge is -2.18. The van der Waals surface area contributed by atoms with E-state index in [-0.39, 0.29) is 5.54 Å². The van der Waals surface area contributed by atoms with Crippen molar-refractivity contribution in [3.63, 3.8) is 0 Å². The van der Waals surface area contributed by atoms with Gasteiger partial charge >= 0.3 is 0 Å². The van der Waals surface area contributed by atoms with Crippen molar-refractivity contribution >= 4 is 11.8 Å². The SMILES string of the molecule is CCCC1=CC=CC(Sc2ccc(CCC(C)(C)N)c(O)c2)=CC1. The molecule has 2 rings (SSSR count). The Morgan fingerprint density at radius 3 is 2.71 bits per heavy atom. The highest BCUT2D eigenvalue weighted by molar-refractivity contribution is 8.03. The van der Waals surface area contributed by atoms with Crippen LogP contribution in [-0.2, 0) is 6.42 Å². The van der Waals surface area contributed by atoms with E-state index in [0.717, 1.165) is 36.1 Å². The van der Waals surface area contributed by atoms with Gasteiger partial charge in [0.2, 0.25) is 0 Å². The van der Waals surface area contributed by atoms with E-state index in [1.54, 1.807) is 11.8 Å². The highest BCUT2D eigenvalue weighted by Crippen LogP contribution is 2.33. The van der Waals surface area contributed by atoms with E-state index in [4.69, 9.17) is 5.73 Å². The number of hydrogen-bond donors (Lipinski definition) is 2. The third kappa shape index (κ3) is 6.21. The first-order valence-electron chi connectivity index (χ1n) is 8.72. The molecule has 0 aromatic heterocycles. The van der Waals surface area contributed by atoms with Gasteiger partial charge in [0, 0.05) is 15.3 Å². The molecule has 0 aliphatic heterocycles. The Morgan fingerprint density at radius 2 is 2.04 bits per heavy atom. The van der Waals surface area contributed by atoms with E-state index in [1.165, 1.54) is 16.9 Å². The van der Waals surface area contributed by atoms with E-state index < -0.39 is 0 Å². The highest BCUT2D eigenvalue weighted by Gasteiger charge is 2.12. The summed E-state index contributed by atoms with van der Waals surface area (Å²) in [6, 6.07) is 5.97. The van der Waals surface area contributed by atoms with Crippen LogP contribution in [0.4, 0.5) is 0 Å². The number of aromatic hydroxyl groups is 1. The summed E-state index contributed by atoms with van der Waals surface area (Å²) in [5, 5.41) is 10.3. The average molecular weight is 344 g/mol. The monoisotopic (exact) mass is 343 g/mol. The summed E-state index contributed by atoms with van der Waals surface area (Å²) in [5.74, 6) is 0.368. The van der Waals surface area contributed by atoms with Crippen LogP contribution in [0.3, 0.4) is 0 Å². The lowest BCUT2D eigenvalue weighted by atomic mass is 9.96. The van der Waals surface area contributed by atoms with Gasteiger partial charge in [0.05, 0.1) is 0 Å². The first kappa shape index (κ1) is 18.9. The van der Waals surface area contributed by atoms with Crippen LogP contribution in [0.2, 0.25) is 0 Å². The molecule has 0 radical (unpaired) electrons. The summed E-state index contributed by atoms with van der Waals surface area (Å²) in [5.41, 5.74) is 8.27. The van der Waals surface area contributed by atoms with E-state index in [9.17, 15) is 5.11 Å². The Kier molecular flexibility index (Phi) is 6.76. The van der Waals surface area contributed by atoms with E-state index in [1.807, 2.05) is 26.0 Å². The molecule has 1 aromatic carbocycles. The molecule has 0 saturated heterocycles. The Bertz CT molecular complexity index is 650. The number of thioether (sulfide) groups is 1. The van der Waals surface area contributed by atoms with Crippen molar-refractivity contribution in [1.29, 1.82) is 0 Å². The second-order valence-electron chi connectivity index (χ2n) is 7.13. The minimum atomic E-state index is -0.209. The molecule has 0 atom stereocenters. The molecule has 0 saturated carbocycles. The predicted octanol–water partition coefficient (Wildman–Crippen LogP) is 5.72. The van der Waals surface area contributed by atoms with Gasteiger partial charge < -0.3 is 10.8 Å². The molecule has 3 heteroatoms. The van der Waals surface area contributed by atoms with Crippen LogP contribution >= 0.6 is 11.8 Å². The third-order valence-corrected chi connectivity index (χ3v) is 5.09. The lowest BCUT2D eigenvalue weighted by Crippen LogP contribution is -2.32. The van der Waals surface area contributed by atoms with Gasteiger partial charge in [0.25, 0.3) is 0 Å². The molecule has 0 amide bonds. The molecule has 1 aliphatic carbocycles. The molecule has 1 aliphatic rings. The first-order valence-corrected chi connectivity index (χ1v) is 9.54. The van der Waals surface area contributed by atoms with Gasteiger partial charge in [0.1, 0.15) is 5.75 Å². The van der Waals surface area contributed by atoms with E-state index >= 15 is 0 Å². The standard InChI is InChI=1S/C21H29NOS/c1-4-6-16-7-5-8-18(11-9-16)24-19-12-10-17(20(23)15-19)13-14-21(2,3)22/h5,7-8,10-12,15,23H,4,6,9,13-14,22H2,1-3H3. The molecule has 0 spiro atoms. The summed E-state index contributed by atoms with van der Waals surface area (Å²) in [6.45, 7) is 6.24. The first-order chi connectivity index (χ1) is 11.4. The number of allylic oxidation sites excluding steroid dienone is 5. The third-order valence-electron chi connectivity index (χ3n) is 4.06. The maximum Gasteiger partial charge on any atom is 0.119 e. The molecule has 0 fully saturated rings. The second kappa shape index (κ2) is 8.59. The summed E-state index contributed by atoms with van der Waals surface area (Å²) in [6.07, 6.45) is 13.8. The molecule has 24 heavy (non-hydrogen) atoms. The Balaban J connectivity index is 2.00. The lowest BCUT2D eigenvalue weighted by molar-refractivity contribution is 0.447. The van der Waals surface area contributed by atoms with Gasteiger partial charge in [-0.3, -0.25) is 0 Å².